The maximum Gasteiger partial charge on any atom is 0.276 e. The number of methoxy groups -OCH3 is 1. The zero-order valence-electron chi connectivity index (χ0n) is 15.8. The van der Waals surface area contributed by atoms with E-state index in [2.05, 4.69) is 15.3 Å². The summed E-state index contributed by atoms with van der Waals surface area (Å²) >= 11 is 0. The Bertz CT molecular complexity index is 982. The van der Waals surface area contributed by atoms with Crippen LogP contribution in [0.15, 0.2) is 48.5 Å². The Kier molecular flexibility index (Phi) is 5.44. The van der Waals surface area contributed by atoms with Crippen LogP contribution in [-0.4, -0.2) is 23.0 Å². The van der Waals surface area contributed by atoms with Crippen LogP contribution in [0, 0.1) is 6.92 Å². The second kappa shape index (κ2) is 7.80. The van der Waals surface area contributed by atoms with Crippen LogP contribution in [-0.2, 0) is 5.92 Å². The molecular weight excluding hydrogens is 364 g/mol. The Hall–Kier alpha value is -3.22. The van der Waals surface area contributed by atoms with E-state index >= 15 is 0 Å². The van der Waals surface area contributed by atoms with Gasteiger partial charge in [-0.15, -0.1) is 0 Å². The molecule has 3 rings (SSSR count). The van der Waals surface area contributed by atoms with Crippen molar-refractivity contribution in [1.82, 2.24) is 9.97 Å². The fourth-order valence-electron chi connectivity index (χ4n) is 2.79. The van der Waals surface area contributed by atoms with Crippen LogP contribution in [0.5, 0.6) is 5.75 Å². The Morgan fingerprint density at radius 1 is 1.21 bits per heavy atom. The Balaban J connectivity index is 1.82. The van der Waals surface area contributed by atoms with E-state index in [1.807, 2.05) is 12.1 Å². The van der Waals surface area contributed by atoms with Gasteiger partial charge in [0.1, 0.15) is 17.3 Å². The topological polar surface area (TPSA) is 67.0 Å². The Morgan fingerprint density at radius 2 is 1.93 bits per heavy atom. The van der Waals surface area contributed by atoms with Crippen LogP contribution >= 0.6 is 0 Å². The number of hydrogen-bond donors (Lipinski definition) is 2. The first-order valence-corrected chi connectivity index (χ1v) is 8.85. The van der Waals surface area contributed by atoms with Crippen LogP contribution in [0.2, 0.25) is 0 Å². The number of nitrogens with one attached hydrogen (secondary N) is 2. The molecule has 2 aromatic carbocycles. The molecule has 0 saturated heterocycles. The summed E-state index contributed by atoms with van der Waals surface area (Å²) < 4.78 is 32.9. The summed E-state index contributed by atoms with van der Waals surface area (Å²) in [5, 5.41) is 2.64. The van der Waals surface area contributed by atoms with Gasteiger partial charge in [0, 0.05) is 28.9 Å². The first kappa shape index (κ1) is 19.5. The molecule has 5 nitrogen and oxygen atoms in total. The molecule has 28 heavy (non-hydrogen) atoms. The van der Waals surface area contributed by atoms with Gasteiger partial charge in [0.2, 0.25) is 0 Å². The molecule has 0 atom stereocenters. The molecule has 146 valence electrons. The predicted molar refractivity (Wildman–Crippen MR) is 104 cm³/mol. The van der Waals surface area contributed by atoms with Crippen molar-refractivity contribution in [2.45, 2.75) is 26.2 Å². The lowest BCUT2D eigenvalue weighted by atomic mass is 10.1. The van der Waals surface area contributed by atoms with Gasteiger partial charge in [-0.3, -0.25) is 4.79 Å². The highest BCUT2D eigenvalue weighted by atomic mass is 19.3. The molecule has 0 fully saturated rings. The summed E-state index contributed by atoms with van der Waals surface area (Å²) in [7, 11) is 1.58. The fraction of sp³-hybridized carbons (Fsp3) is 0.238. The third-order valence-electron chi connectivity index (χ3n) is 4.45. The second-order valence-electron chi connectivity index (χ2n) is 6.38. The van der Waals surface area contributed by atoms with Crippen molar-refractivity contribution < 1.29 is 18.3 Å². The number of imidazole rings is 1. The van der Waals surface area contributed by atoms with Crippen molar-refractivity contribution in [2.75, 3.05) is 12.4 Å². The van der Waals surface area contributed by atoms with Crippen molar-refractivity contribution in [3.63, 3.8) is 0 Å². The average molecular weight is 385 g/mol. The Labute approximate surface area is 161 Å². The summed E-state index contributed by atoms with van der Waals surface area (Å²) in [5.41, 5.74) is 1.75. The highest BCUT2D eigenvalue weighted by Crippen LogP contribution is 2.32. The SMILES string of the molecule is CCC(F)(F)c1cccc(NC(=O)c2nc(-c3ccc(OC)cc3)[nH]c2C)c1. The molecule has 0 radical (unpaired) electrons. The van der Waals surface area contributed by atoms with Crippen molar-refractivity contribution in [2.24, 2.45) is 0 Å². The molecule has 1 heterocycles. The number of halogens is 2. The van der Waals surface area contributed by atoms with Crippen LogP contribution < -0.4 is 10.1 Å². The van der Waals surface area contributed by atoms with Crippen LogP contribution in [0.1, 0.15) is 35.1 Å². The minimum Gasteiger partial charge on any atom is -0.497 e. The summed E-state index contributed by atoms with van der Waals surface area (Å²) in [4.78, 5) is 20.0. The summed E-state index contributed by atoms with van der Waals surface area (Å²) in [6.07, 6.45) is -0.311. The second-order valence-corrected chi connectivity index (χ2v) is 6.38. The standard InChI is InChI=1S/C21H21F2N3O2/c1-4-21(22,23)15-6-5-7-16(12-15)25-20(27)18-13(2)24-19(26-18)14-8-10-17(28-3)11-9-14/h5-12H,4H2,1-3H3,(H,24,26)(H,25,27). The van der Waals surface area contributed by atoms with E-state index in [0.717, 1.165) is 5.56 Å². The first-order chi connectivity index (χ1) is 13.3. The molecule has 1 aromatic heterocycles. The third kappa shape index (κ3) is 4.03. The maximum atomic E-state index is 13.9. The van der Waals surface area contributed by atoms with E-state index < -0.39 is 11.8 Å². The molecular formula is C21H21F2N3O2. The lowest BCUT2D eigenvalue weighted by Gasteiger charge is -2.15. The molecule has 0 unspecified atom stereocenters. The summed E-state index contributed by atoms with van der Waals surface area (Å²) in [6.45, 7) is 3.15. The molecule has 3 aromatic rings. The van der Waals surface area contributed by atoms with Crippen molar-refractivity contribution >= 4 is 11.6 Å². The van der Waals surface area contributed by atoms with Gasteiger partial charge >= 0.3 is 0 Å². The van der Waals surface area contributed by atoms with Gasteiger partial charge in [0.15, 0.2) is 0 Å². The number of aryl methyl sites for hydroxylation is 1. The lowest BCUT2D eigenvalue weighted by molar-refractivity contribution is -0.00824. The van der Waals surface area contributed by atoms with E-state index in [0.29, 0.717) is 23.0 Å². The predicted octanol–water partition coefficient (Wildman–Crippen LogP) is 5.15. The number of ether oxygens (including phenoxy) is 1. The van der Waals surface area contributed by atoms with Crippen molar-refractivity contribution in [3.8, 4) is 17.1 Å². The monoisotopic (exact) mass is 385 g/mol. The number of carbonyl (C=O) groups is 1. The van der Waals surface area contributed by atoms with E-state index in [4.69, 9.17) is 4.74 Å². The lowest BCUT2D eigenvalue weighted by Crippen LogP contribution is -2.15. The number of benzene rings is 2. The third-order valence-corrected chi connectivity index (χ3v) is 4.45. The largest absolute Gasteiger partial charge is 0.497 e. The molecule has 0 aliphatic rings. The van der Waals surface area contributed by atoms with E-state index in [9.17, 15) is 13.6 Å². The number of hydrogen-bond acceptors (Lipinski definition) is 3. The minimum absolute atomic E-state index is 0.134. The maximum absolute atomic E-state index is 13.9. The highest BCUT2D eigenvalue weighted by Gasteiger charge is 2.29. The number of carbonyl (C=O) groups excluding carboxylic acids is 1. The molecule has 2 N–H and O–H groups in total. The molecule has 0 saturated carbocycles. The summed E-state index contributed by atoms with van der Waals surface area (Å²) in [6, 6.07) is 12.9. The zero-order chi connectivity index (χ0) is 20.3. The van der Waals surface area contributed by atoms with Gasteiger partial charge in [-0.1, -0.05) is 19.1 Å². The van der Waals surface area contributed by atoms with Gasteiger partial charge in [-0.25, -0.2) is 13.8 Å². The molecule has 0 spiro atoms. The van der Waals surface area contributed by atoms with E-state index in [1.165, 1.54) is 25.1 Å². The number of nitrogens with zero attached hydrogens (tertiary/aromatic N) is 1. The number of aromatic nitrogens is 2. The zero-order valence-corrected chi connectivity index (χ0v) is 15.8. The minimum atomic E-state index is -2.94. The number of H-pyrrole nitrogens is 1. The van der Waals surface area contributed by atoms with Crippen molar-refractivity contribution in [3.05, 3.63) is 65.5 Å². The number of aromatic amines is 1. The van der Waals surface area contributed by atoms with Gasteiger partial charge < -0.3 is 15.0 Å². The molecule has 0 aliphatic carbocycles. The highest BCUT2D eigenvalue weighted by molar-refractivity contribution is 6.04. The van der Waals surface area contributed by atoms with Crippen molar-refractivity contribution in [1.29, 1.82) is 0 Å². The van der Waals surface area contributed by atoms with E-state index in [1.54, 1.807) is 32.2 Å². The van der Waals surface area contributed by atoms with Crippen LogP contribution in [0.4, 0.5) is 14.5 Å². The Morgan fingerprint density at radius 3 is 2.57 bits per heavy atom. The van der Waals surface area contributed by atoms with Gasteiger partial charge in [-0.05, 0) is 43.3 Å². The smallest absolute Gasteiger partial charge is 0.276 e. The number of alkyl halides is 2. The van der Waals surface area contributed by atoms with Gasteiger partial charge in [0.05, 0.1) is 7.11 Å². The van der Waals surface area contributed by atoms with Crippen LogP contribution in [0.3, 0.4) is 0 Å². The first-order valence-electron chi connectivity index (χ1n) is 8.85. The average Bonchev–Trinajstić information content (AvgIpc) is 3.10. The summed E-state index contributed by atoms with van der Waals surface area (Å²) in [5.74, 6) is -2.15. The van der Waals surface area contributed by atoms with Gasteiger partial charge in [-0.2, -0.15) is 0 Å². The fourth-order valence-corrected chi connectivity index (χ4v) is 2.79. The molecule has 7 heteroatoms. The quantitative estimate of drug-likeness (QED) is 0.617. The van der Waals surface area contributed by atoms with Gasteiger partial charge in [0.25, 0.3) is 11.8 Å². The normalized spacial score (nSPS) is 11.3. The number of rotatable bonds is 6. The number of anilines is 1. The van der Waals surface area contributed by atoms with E-state index in [-0.39, 0.29) is 17.7 Å². The molecule has 0 bridgehead atoms. The number of amides is 1. The molecule has 1 amide bonds. The van der Waals surface area contributed by atoms with Crippen LogP contribution in [0.25, 0.3) is 11.4 Å². The molecule has 0 aliphatic heterocycles.